The molecule has 0 unspecified atom stereocenters. The average molecular weight is 365 g/mol. The predicted molar refractivity (Wildman–Crippen MR) is 99.9 cm³/mol. The Balaban J connectivity index is 1.69. The van der Waals surface area contributed by atoms with Gasteiger partial charge >= 0.3 is 0 Å². The molecule has 0 atom stereocenters. The number of pyridine rings is 1. The summed E-state index contributed by atoms with van der Waals surface area (Å²) in [6, 6.07) is 8.86. The second-order valence-corrected chi connectivity index (χ2v) is 6.50. The van der Waals surface area contributed by atoms with Gasteiger partial charge in [0.05, 0.1) is 12.8 Å². The molecule has 0 aliphatic heterocycles. The van der Waals surface area contributed by atoms with Crippen LogP contribution >= 0.6 is 0 Å². The lowest BCUT2D eigenvalue weighted by Gasteiger charge is -2.11. The first-order chi connectivity index (χ1) is 13.1. The van der Waals surface area contributed by atoms with Gasteiger partial charge in [0.2, 0.25) is 0 Å². The molecule has 27 heavy (non-hydrogen) atoms. The van der Waals surface area contributed by atoms with E-state index < -0.39 is 0 Å². The number of aryl methyl sites for hydroxylation is 3. The highest BCUT2D eigenvalue weighted by Crippen LogP contribution is 2.24. The van der Waals surface area contributed by atoms with Crippen LogP contribution in [0.25, 0.3) is 11.3 Å². The summed E-state index contributed by atoms with van der Waals surface area (Å²) in [5, 5.41) is 12.8. The number of benzene rings is 1. The van der Waals surface area contributed by atoms with Gasteiger partial charge in [-0.15, -0.1) is 10.2 Å². The van der Waals surface area contributed by atoms with Crippen LogP contribution in [0.4, 0.5) is 4.39 Å². The van der Waals surface area contributed by atoms with Crippen LogP contribution in [-0.4, -0.2) is 31.5 Å². The van der Waals surface area contributed by atoms with Crippen LogP contribution in [0.1, 0.15) is 22.5 Å². The van der Waals surface area contributed by atoms with Gasteiger partial charge in [-0.2, -0.15) is 5.10 Å². The maximum atomic E-state index is 14.2. The molecule has 7 heteroatoms. The van der Waals surface area contributed by atoms with Crippen molar-refractivity contribution >= 4 is 5.65 Å². The van der Waals surface area contributed by atoms with Crippen molar-refractivity contribution in [2.75, 3.05) is 7.11 Å². The van der Waals surface area contributed by atoms with Crippen molar-refractivity contribution in [2.24, 2.45) is 0 Å². The summed E-state index contributed by atoms with van der Waals surface area (Å²) in [5.41, 5.74) is 5.23. The first-order valence-electron chi connectivity index (χ1n) is 8.74. The number of ether oxygens (including phenoxy) is 1. The minimum Gasteiger partial charge on any atom is -0.496 e. The summed E-state index contributed by atoms with van der Waals surface area (Å²) in [5.74, 6) is 0.308. The van der Waals surface area contributed by atoms with Crippen molar-refractivity contribution in [2.45, 2.75) is 26.7 Å². The molecule has 0 fully saturated rings. The molecule has 0 amide bonds. The van der Waals surface area contributed by atoms with Crippen molar-refractivity contribution in [1.29, 1.82) is 0 Å². The van der Waals surface area contributed by atoms with Gasteiger partial charge in [-0.25, -0.2) is 9.07 Å². The minimum absolute atomic E-state index is 0.256. The summed E-state index contributed by atoms with van der Waals surface area (Å²) in [6.45, 7) is 4.00. The predicted octanol–water partition coefficient (Wildman–Crippen LogP) is 3.46. The van der Waals surface area contributed by atoms with E-state index in [1.165, 1.54) is 6.07 Å². The second-order valence-electron chi connectivity index (χ2n) is 6.50. The highest BCUT2D eigenvalue weighted by atomic mass is 19.1. The fourth-order valence-electron chi connectivity index (χ4n) is 3.23. The quantitative estimate of drug-likeness (QED) is 0.543. The maximum Gasteiger partial charge on any atom is 0.186 e. The molecule has 0 saturated carbocycles. The van der Waals surface area contributed by atoms with Gasteiger partial charge in [0.15, 0.2) is 5.65 Å². The van der Waals surface area contributed by atoms with Gasteiger partial charge in [-0.1, -0.05) is 6.07 Å². The van der Waals surface area contributed by atoms with Crippen LogP contribution in [0.2, 0.25) is 0 Å². The Kier molecular flexibility index (Phi) is 4.35. The highest BCUT2D eigenvalue weighted by Gasteiger charge is 2.14. The van der Waals surface area contributed by atoms with E-state index in [9.17, 15) is 4.39 Å². The van der Waals surface area contributed by atoms with Gasteiger partial charge in [0.25, 0.3) is 0 Å². The molecular formula is C20H20FN5O. The first-order valence-corrected chi connectivity index (χ1v) is 8.74. The summed E-state index contributed by atoms with van der Waals surface area (Å²) in [4.78, 5) is 0. The van der Waals surface area contributed by atoms with E-state index in [1.54, 1.807) is 25.6 Å². The third-order valence-electron chi connectivity index (χ3n) is 4.84. The molecule has 0 N–H and O–H groups in total. The van der Waals surface area contributed by atoms with Crippen molar-refractivity contribution in [3.05, 3.63) is 71.2 Å². The number of halogens is 1. The van der Waals surface area contributed by atoms with E-state index in [0.717, 1.165) is 28.3 Å². The Labute approximate surface area is 156 Å². The zero-order valence-electron chi connectivity index (χ0n) is 15.5. The molecular weight excluding hydrogens is 345 g/mol. The highest BCUT2D eigenvalue weighted by molar-refractivity contribution is 5.59. The second kappa shape index (κ2) is 6.83. The molecule has 138 valence electrons. The van der Waals surface area contributed by atoms with Crippen LogP contribution in [0.5, 0.6) is 5.75 Å². The molecule has 0 bridgehead atoms. The van der Waals surface area contributed by atoms with E-state index in [1.807, 2.05) is 41.3 Å². The largest absolute Gasteiger partial charge is 0.496 e. The van der Waals surface area contributed by atoms with Crippen LogP contribution in [0.3, 0.4) is 0 Å². The smallest absolute Gasteiger partial charge is 0.186 e. The Bertz CT molecular complexity index is 1100. The normalized spacial score (nSPS) is 11.3. The molecule has 4 aromatic rings. The number of aromatic nitrogens is 5. The molecule has 3 aromatic heterocycles. The summed E-state index contributed by atoms with van der Waals surface area (Å²) in [7, 11) is 1.55. The molecule has 0 aliphatic rings. The van der Waals surface area contributed by atoms with E-state index in [-0.39, 0.29) is 5.82 Å². The van der Waals surface area contributed by atoms with Gasteiger partial charge in [-0.3, -0.25) is 4.40 Å². The van der Waals surface area contributed by atoms with Crippen molar-refractivity contribution < 1.29 is 9.13 Å². The Morgan fingerprint density at radius 2 is 1.96 bits per heavy atom. The van der Waals surface area contributed by atoms with E-state index >= 15 is 0 Å². The first kappa shape index (κ1) is 17.2. The molecule has 6 nitrogen and oxygen atoms in total. The van der Waals surface area contributed by atoms with E-state index in [4.69, 9.17) is 4.74 Å². The van der Waals surface area contributed by atoms with Crippen LogP contribution in [0.15, 0.2) is 42.9 Å². The number of nitrogens with zero attached hydrogens (tertiary/aromatic N) is 5. The molecule has 1 aromatic carbocycles. The lowest BCUT2D eigenvalue weighted by Crippen LogP contribution is -2.05. The Morgan fingerprint density at radius 3 is 2.70 bits per heavy atom. The van der Waals surface area contributed by atoms with Gasteiger partial charge in [-0.05, 0) is 56.5 Å². The fourth-order valence-corrected chi connectivity index (χ4v) is 3.23. The minimum atomic E-state index is -0.256. The molecule has 0 aliphatic carbocycles. The summed E-state index contributed by atoms with van der Waals surface area (Å²) >= 11 is 0. The topological polar surface area (TPSA) is 57.2 Å². The van der Waals surface area contributed by atoms with Gasteiger partial charge in [0.1, 0.15) is 23.6 Å². The molecule has 0 saturated heterocycles. The molecule has 0 spiro atoms. The summed E-state index contributed by atoms with van der Waals surface area (Å²) < 4.78 is 23.2. The molecule has 3 heterocycles. The van der Waals surface area contributed by atoms with Crippen molar-refractivity contribution in [3.8, 4) is 11.4 Å². The van der Waals surface area contributed by atoms with Crippen LogP contribution in [0, 0.1) is 19.7 Å². The third kappa shape index (κ3) is 3.05. The van der Waals surface area contributed by atoms with Crippen LogP contribution < -0.4 is 4.74 Å². The Hall–Kier alpha value is -3.22. The maximum absolute atomic E-state index is 14.2. The van der Waals surface area contributed by atoms with E-state index in [0.29, 0.717) is 24.2 Å². The zero-order chi connectivity index (χ0) is 19.0. The standard InChI is InChI=1S/C20H20FN5O/c1-13-11-26(24-14(13)2)18-10-8-15(25-12-22-23-20(18)25)7-9-16-17(21)5-4-6-19(16)27-3/h4-6,8,10-12H,7,9H2,1-3H3. The number of fused-ring (bicyclic) bond motifs is 1. The summed E-state index contributed by atoms with van der Waals surface area (Å²) in [6.07, 6.45) is 4.80. The van der Waals surface area contributed by atoms with Crippen molar-refractivity contribution in [3.63, 3.8) is 0 Å². The molecule has 0 radical (unpaired) electrons. The zero-order valence-corrected chi connectivity index (χ0v) is 15.5. The number of hydrogen-bond donors (Lipinski definition) is 0. The monoisotopic (exact) mass is 365 g/mol. The number of hydrogen-bond acceptors (Lipinski definition) is 4. The SMILES string of the molecule is COc1cccc(F)c1CCc1ccc(-n2cc(C)c(C)n2)c2nncn12. The lowest BCUT2D eigenvalue weighted by atomic mass is 10.1. The molecule has 4 rings (SSSR count). The Morgan fingerprint density at radius 1 is 1.11 bits per heavy atom. The van der Waals surface area contributed by atoms with Gasteiger partial charge < -0.3 is 4.74 Å². The number of methoxy groups -OCH3 is 1. The average Bonchev–Trinajstić information content (AvgIpc) is 3.27. The lowest BCUT2D eigenvalue weighted by molar-refractivity contribution is 0.404. The number of rotatable bonds is 5. The fraction of sp³-hybridized carbons (Fsp3) is 0.250. The van der Waals surface area contributed by atoms with E-state index in [2.05, 4.69) is 15.3 Å². The third-order valence-corrected chi connectivity index (χ3v) is 4.84. The van der Waals surface area contributed by atoms with Crippen LogP contribution in [-0.2, 0) is 12.8 Å². The van der Waals surface area contributed by atoms with Crippen molar-refractivity contribution in [1.82, 2.24) is 24.4 Å². The van der Waals surface area contributed by atoms with Gasteiger partial charge in [0, 0.05) is 17.5 Å².